The number of ether oxygens (including phenoxy) is 1. The number of rotatable bonds is 7. The fourth-order valence-electron chi connectivity index (χ4n) is 4.75. The number of benzene rings is 1. The molecule has 2 aromatic heterocycles. The minimum Gasteiger partial charge on any atom is -0.379 e. The number of halogens is 1. The maximum Gasteiger partial charge on any atom is 0.170 e. The number of nitrogens with zero attached hydrogens (tertiary/aromatic N) is 4. The summed E-state index contributed by atoms with van der Waals surface area (Å²) in [6.45, 7) is 5.39. The van der Waals surface area contributed by atoms with Gasteiger partial charge in [0.05, 0.1) is 31.0 Å². The SMILES string of the molecule is Fc1cccc(-n2cccc2C2C(c3ccccn3)NC(=S)N2CCCN2CCOCC2)c1. The van der Waals surface area contributed by atoms with E-state index < -0.39 is 0 Å². The van der Waals surface area contributed by atoms with Crippen molar-refractivity contribution in [1.29, 1.82) is 0 Å². The number of nitrogens with one attached hydrogen (secondary N) is 1. The first kappa shape index (κ1) is 22.0. The number of aromatic nitrogens is 2. The third-order valence-electron chi connectivity index (χ3n) is 6.34. The highest BCUT2D eigenvalue weighted by atomic mass is 32.1. The molecule has 5 rings (SSSR count). The van der Waals surface area contributed by atoms with E-state index in [1.165, 1.54) is 6.07 Å². The first-order chi connectivity index (χ1) is 16.2. The molecule has 0 spiro atoms. The fourth-order valence-corrected chi connectivity index (χ4v) is 5.09. The average Bonchev–Trinajstić information content (AvgIpc) is 3.45. The van der Waals surface area contributed by atoms with Crippen molar-refractivity contribution in [2.75, 3.05) is 39.4 Å². The van der Waals surface area contributed by atoms with Gasteiger partial charge in [0.15, 0.2) is 5.11 Å². The van der Waals surface area contributed by atoms with Gasteiger partial charge in [-0.05, 0) is 61.1 Å². The number of hydrogen-bond acceptors (Lipinski definition) is 4. The average molecular weight is 466 g/mol. The Balaban J connectivity index is 1.45. The number of thiocarbonyl (C=S) groups is 1. The molecule has 0 saturated carbocycles. The Morgan fingerprint density at radius 2 is 1.94 bits per heavy atom. The smallest absolute Gasteiger partial charge is 0.170 e. The van der Waals surface area contributed by atoms with Crippen LogP contribution in [0.5, 0.6) is 0 Å². The van der Waals surface area contributed by atoms with E-state index in [2.05, 4.69) is 26.2 Å². The van der Waals surface area contributed by atoms with Crippen LogP contribution in [0.1, 0.15) is 29.9 Å². The van der Waals surface area contributed by atoms with E-state index in [1.54, 1.807) is 12.1 Å². The standard InChI is InChI=1S/C25H28FN5OS/c26-19-6-3-7-20(18-19)30-12-4-9-22(30)24-23(21-8-1-2-10-27-21)28-25(33)31(24)13-5-11-29-14-16-32-17-15-29/h1-4,6-10,12,18,23-24H,5,11,13-17H2,(H,28,33). The van der Waals surface area contributed by atoms with E-state index in [1.807, 2.05) is 47.3 Å². The van der Waals surface area contributed by atoms with E-state index in [4.69, 9.17) is 17.0 Å². The van der Waals surface area contributed by atoms with E-state index in [9.17, 15) is 4.39 Å². The molecule has 6 nitrogen and oxygen atoms in total. The molecule has 2 aliphatic heterocycles. The second-order valence-electron chi connectivity index (χ2n) is 8.41. The van der Waals surface area contributed by atoms with E-state index >= 15 is 0 Å². The van der Waals surface area contributed by atoms with Crippen LogP contribution in [-0.4, -0.2) is 63.9 Å². The van der Waals surface area contributed by atoms with Gasteiger partial charge in [-0.2, -0.15) is 0 Å². The van der Waals surface area contributed by atoms with Crippen molar-refractivity contribution >= 4 is 17.3 Å². The third-order valence-corrected chi connectivity index (χ3v) is 6.70. The highest BCUT2D eigenvalue weighted by molar-refractivity contribution is 7.80. The minimum absolute atomic E-state index is 0.0599. The van der Waals surface area contributed by atoms with Crippen LogP contribution in [0, 0.1) is 5.82 Å². The molecule has 33 heavy (non-hydrogen) atoms. The zero-order valence-corrected chi connectivity index (χ0v) is 19.3. The van der Waals surface area contributed by atoms with Crippen LogP contribution >= 0.6 is 12.2 Å². The summed E-state index contributed by atoms with van der Waals surface area (Å²) < 4.78 is 21.5. The molecular formula is C25H28FN5OS. The van der Waals surface area contributed by atoms with Crippen molar-refractivity contribution < 1.29 is 9.13 Å². The summed E-state index contributed by atoms with van der Waals surface area (Å²) >= 11 is 5.80. The third kappa shape index (κ3) is 4.78. The summed E-state index contributed by atoms with van der Waals surface area (Å²) in [4.78, 5) is 9.33. The Morgan fingerprint density at radius 1 is 1.06 bits per heavy atom. The molecule has 2 fully saturated rings. The number of hydrogen-bond donors (Lipinski definition) is 1. The summed E-state index contributed by atoms with van der Waals surface area (Å²) in [6.07, 6.45) is 4.78. The predicted octanol–water partition coefficient (Wildman–Crippen LogP) is 3.71. The van der Waals surface area contributed by atoms with Crippen LogP contribution in [-0.2, 0) is 4.74 Å². The molecule has 0 radical (unpaired) electrons. The van der Waals surface area contributed by atoms with Gasteiger partial charge in [0.2, 0.25) is 0 Å². The topological polar surface area (TPSA) is 45.6 Å². The van der Waals surface area contributed by atoms with Crippen molar-refractivity contribution in [3.8, 4) is 5.69 Å². The molecule has 2 unspecified atom stereocenters. The summed E-state index contributed by atoms with van der Waals surface area (Å²) in [5.74, 6) is -0.254. The summed E-state index contributed by atoms with van der Waals surface area (Å²) in [5.41, 5.74) is 2.78. The quantitative estimate of drug-likeness (QED) is 0.537. The number of pyridine rings is 1. The Bertz CT molecular complexity index is 1090. The van der Waals surface area contributed by atoms with Gasteiger partial charge >= 0.3 is 0 Å². The zero-order chi connectivity index (χ0) is 22.6. The normalized spacial score (nSPS) is 21.4. The van der Waals surface area contributed by atoms with Crippen molar-refractivity contribution in [2.45, 2.75) is 18.5 Å². The van der Waals surface area contributed by atoms with Crippen molar-refractivity contribution in [1.82, 2.24) is 24.7 Å². The van der Waals surface area contributed by atoms with Gasteiger partial charge in [0.25, 0.3) is 0 Å². The first-order valence-electron chi connectivity index (χ1n) is 11.4. The highest BCUT2D eigenvalue weighted by Crippen LogP contribution is 2.39. The van der Waals surface area contributed by atoms with Crippen molar-refractivity contribution in [3.05, 3.63) is 84.2 Å². The van der Waals surface area contributed by atoms with Crippen LogP contribution in [0.2, 0.25) is 0 Å². The molecule has 1 N–H and O–H groups in total. The van der Waals surface area contributed by atoms with E-state index in [0.29, 0.717) is 0 Å². The van der Waals surface area contributed by atoms with Gasteiger partial charge in [-0.15, -0.1) is 0 Å². The molecule has 2 atom stereocenters. The monoisotopic (exact) mass is 465 g/mol. The maximum absolute atomic E-state index is 14.0. The second-order valence-corrected chi connectivity index (χ2v) is 8.80. The van der Waals surface area contributed by atoms with Gasteiger partial charge in [0.1, 0.15) is 5.82 Å². The van der Waals surface area contributed by atoms with Crippen LogP contribution in [0.15, 0.2) is 67.0 Å². The van der Waals surface area contributed by atoms with Crippen molar-refractivity contribution in [2.24, 2.45) is 0 Å². The van der Waals surface area contributed by atoms with Gasteiger partial charge in [-0.1, -0.05) is 12.1 Å². The molecule has 2 aliphatic rings. The Labute approximate surface area is 199 Å². The molecule has 3 aromatic rings. The highest BCUT2D eigenvalue weighted by Gasteiger charge is 2.41. The predicted molar refractivity (Wildman–Crippen MR) is 130 cm³/mol. The fraction of sp³-hybridized carbons (Fsp3) is 0.360. The second kappa shape index (κ2) is 9.99. The molecule has 0 bridgehead atoms. The molecule has 8 heteroatoms. The van der Waals surface area contributed by atoms with E-state index in [0.717, 1.165) is 68.0 Å². The molecule has 172 valence electrons. The van der Waals surface area contributed by atoms with Crippen molar-refractivity contribution in [3.63, 3.8) is 0 Å². The van der Waals surface area contributed by atoms with Crippen LogP contribution < -0.4 is 5.32 Å². The first-order valence-corrected chi connectivity index (χ1v) is 11.8. The largest absolute Gasteiger partial charge is 0.379 e. The lowest BCUT2D eigenvalue weighted by Crippen LogP contribution is -2.39. The van der Waals surface area contributed by atoms with Crippen LogP contribution in [0.4, 0.5) is 4.39 Å². The lowest BCUT2D eigenvalue weighted by molar-refractivity contribution is 0.0365. The summed E-state index contributed by atoms with van der Waals surface area (Å²) in [7, 11) is 0. The Hall–Kier alpha value is -2.81. The molecule has 4 heterocycles. The van der Waals surface area contributed by atoms with Gasteiger partial charge < -0.3 is 19.5 Å². The van der Waals surface area contributed by atoms with Crippen LogP contribution in [0.3, 0.4) is 0 Å². The minimum atomic E-state index is -0.254. The summed E-state index contributed by atoms with van der Waals surface area (Å²) in [5, 5.41) is 4.24. The molecule has 0 aliphatic carbocycles. The van der Waals surface area contributed by atoms with Gasteiger partial charge in [0, 0.05) is 50.0 Å². The lowest BCUT2D eigenvalue weighted by Gasteiger charge is -2.31. The van der Waals surface area contributed by atoms with Crippen LogP contribution in [0.25, 0.3) is 5.69 Å². The Kier molecular flexibility index (Phi) is 6.66. The molecule has 2 saturated heterocycles. The van der Waals surface area contributed by atoms with Gasteiger partial charge in [-0.3, -0.25) is 9.88 Å². The van der Waals surface area contributed by atoms with Gasteiger partial charge in [-0.25, -0.2) is 4.39 Å². The number of morpholine rings is 1. The van der Waals surface area contributed by atoms with E-state index in [-0.39, 0.29) is 17.9 Å². The Morgan fingerprint density at radius 3 is 2.73 bits per heavy atom. The summed E-state index contributed by atoms with van der Waals surface area (Å²) in [6, 6.07) is 16.6. The molecular weight excluding hydrogens is 437 g/mol. The maximum atomic E-state index is 14.0. The molecule has 1 aromatic carbocycles. The lowest BCUT2D eigenvalue weighted by atomic mass is 10.0. The molecule has 0 amide bonds. The zero-order valence-electron chi connectivity index (χ0n) is 18.4.